The summed E-state index contributed by atoms with van der Waals surface area (Å²) < 4.78 is 0. The van der Waals surface area contributed by atoms with E-state index < -0.39 is 0 Å². The van der Waals surface area contributed by atoms with Crippen LogP contribution in [0.25, 0.3) is 0 Å². The fraction of sp³-hybridized carbons (Fsp3) is 0.273. The Morgan fingerprint density at radius 3 is 2.36 bits per heavy atom. The largest absolute Gasteiger partial charge is 0.399 e. The van der Waals surface area contributed by atoms with Crippen LogP contribution in [-0.2, 0) is 4.79 Å². The van der Waals surface area contributed by atoms with E-state index >= 15 is 0 Å². The van der Waals surface area contributed by atoms with Crippen molar-refractivity contribution in [3.63, 3.8) is 0 Å². The third-order valence-corrected chi connectivity index (χ3v) is 1.72. The Morgan fingerprint density at radius 2 is 1.86 bits per heavy atom. The zero-order valence-electron chi connectivity index (χ0n) is 8.45. The molecule has 1 aromatic carbocycles. The zero-order chi connectivity index (χ0) is 10.6. The van der Waals surface area contributed by atoms with E-state index in [4.69, 9.17) is 5.73 Å². The van der Waals surface area contributed by atoms with Gasteiger partial charge in [-0.3, -0.25) is 9.79 Å². The molecule has 3 nitrogen and oxygen atoms in total. The molecule has 0 aliphatic rings. The van der Waals surface area contributed by atoms with Crippen LogP contribution in [0.2, 0.25) is 0 Å². The van der Waals surface area contributed by atoms with Crippen molar-refractivity contribution in [2.75, 3.05) is 5.73 Å². The van der Waals surface area contributed by atoms with Gasteiger partial charge in [-0.15, -0.1) is 0 Å². The second-order valence-corrected chi connectivity index (χ2v) is 3.32. The molecule has 0 spiro atoms. The molecule has 74 valence electrons. The number of nitrogen functional groups attached to an aromatic ring is 1. The standard InChI is InChI=1S/C11H14N2O/c1-8(7-9(2)14)13-11-5-3-10(12)4-6-11/h3-6H,7,12H2,1-2H3. The number of aliphatic imine (C=N–C) groups is 1. The Hall–Kier alpha value is -1.64. The van der Waals surface area contributed by atoms with Crippen LogP contribution in [0.5, 0.6) is 0 Å². The molecule has 0 saturated carbocycles. The number of carbonyl (C=O) groups excluding carboxylic acids is 1. The number of nitrogens with zero attached hydrogens (tertiary/aromatic N) is 1. The average molecular weight is 190 g/mol. The second kappa shape index (κ2) is 4.56. The topological polar surface area (TPSA) is 55.5 Å². The SMILES string of the molecule is CC(=O)CC(C)=Nc1ccc(N)cc1. The van der Waals surface area contributed by atoms with E-state index in [1.165, 1.54) is 0 Å². The van der Waals surface area contributed by atoms with Gasteiger partial charge in [0, 0.05) is 17.8 Å². The van der Waals surface area contributed by atoms with Crippen LogP contribution in [0.4, 0.5) is 11.4 Å². The van der Waals surface area contributed by atoms with Gasteiger partial charge >= 0.3 is 0 Å². The molecule has 0 heterocycles. The molecular weight excluding hydrogens is 176 g/mol. The first-order chi connectivity index (χ1) is 6.58. The molecule has 0 aliphatic carbocycles. The van der Waals surface area contributed by atoms with Crippen LogP contribution < -0.4 is 5.73 Å². The molecule has 0 aliphatic heterocycles. The summed E-state index contributed by atoms with van der Waals surface area (Å²) in [5, 5.41) is 0. The molecule has 0 atom stereocenters. The van der Waals surface area contributed by atoms with Gasteiger partial charge in [0.2, 0.25) is 0 Å². The summed E-state index contributed by atoms with van der Waals surface area (Å²) in [6.45, 7) is 3.40. The van der Waals surface area contributed by atoms with Crippen molar-refractivity contribution in [1.82, 2.24) is 0 Å². The number of nitrogens with two attached hydrogens (primary N) is 1. The van der Waals surface area contributed by atoms with Gasteiger partial charge in [0.25, 0.3) is 0 Å². The van der Waals surface area contributed by atoms with Crippen molar-refractivity contribution in [1.29, 1.82) is 0 Å². The number of hydrogen-bond donors (Lipinski definition) is 1. The molecule has 3 heteroatoms. The highest BCUT2D eigenvalue weighted by atomic mass is 16.1. The van der Waals surface area contributed by atoms with E-state index in [1.807, 2.05) is 19.1 Å². The third kappa shape index (κ3) is 3.39. The van der Waals surface area contributed by atoms with E-state index in [0.717, 1.165) is 11.4 Å². The molecule has 0 bridgehead atoms. The van der Waals surface area contributed by atoms with Gasteiger partial charge in [0.15, 0.2) is 0 Å². The van der Waals surface area contributed by atoms with E-state index in [2.05, 4.69) is 4.99 Å². The highest BCUT2D eigenvalue weighted by Crippen LogP contribution is 2.14. The summed E-state index contributed by atoms with van der Waals surface area (Å²) in [7, 11) is 0. The predicted octanol–water partition coefficient (Wildman–Crippen LogP) is 2.34. The molecule has 14 heavy (non-hydrogen) atoms. The van der Waals surface area contributed by atoms with Crippen molar-refractivity contribution in [3.8, 4) is 0 Å². The minimum Gasteiger partial charge on any atom is -0.399 e. The van der Waals surface area contributed by atoms with Crippen molar-refractivity contribution in [3.05, 3.63) is 24.3 Å². The maximum Gasteiger partial charge on any atom is 0.135 e. The molecule has 0 aromatic heterocycles. The van der Waals surface area contributed by atoms with Crippen molar-refractivity contribution < 1.29 is 4.79 Å². The van der Waals surface area contributed by atoms with E-state index in [1.54, 1.807) is 19.1 Å². The minimum atomic E-state index is 0.127. The lowest BCUT2D eigenvalue weighted by Crippen LogP contribution is -1.98. The van der Waals surface area contributed by atoms with Crippen LogP contribution in [0.1, 0.15) is 20.3 Å². The Kier molecular flexibility index (Phi) is 3.40. The van der Waals surface area contributed by atoms with Crippen LogP contribution in [0.15, 0.2) is 29.3 Å². The van der Waals surface area contributed by atoms with Crippen molar-refractivity contribution in [2.24, 2.45) is 4.99 Å². The maximum absolute atomic E-state index is 10.8. The summed E-state index contributed by atoms with van der Waals surface area (Å²) >= 11 is 0. The van der Waals surface area contributed by atoms with Crippen LogP contribution in [0.3, 0.4) is 0 Å². The van der Waals surface area contributed by atoms with Gasteiger partial charge in [-0.25, -0.2) is 0 Å². The molecule has 0 amide bonds. The van der Waals surface area contributed by atoms with Crippen molar-refractivity contribution >= 4 is 22.9 Å². The highest BCUT2D eigenvalue weighted by molar-refractivity contribution is 6.00. The lowest BCUT2D eigenvalue weighted by Gasteiger charge is -1.98. The summed E-state index contributed by atoms with van der Waals surface area (Å²) in [6.07, 6.45) is 0.407. The fourth-order valence-corrected chi connectivity index (χ4v) is 1.17. The highest BCUT2D eigenvalue weighted by Gasteiger charge is 1.97. The summed E-state index contributed by atoms with van der Waals surface area (Å²) in [5.41, 5.74) is 7.90. The van der Waals surface area contributed by atoms with Crippen LogP contribution in [0, 0.1) is 0 Å². The fourth-order valence-electron chi connectivity index (χ4n) is 1.17. The monoisotopic (exact) mass is 190 g/mol. The summed E-state index contributed by atoms with van der Waals surface area (Å²) in [4.78, 5) is 15.1. The van der Waals surface area contributed by atoms with E-state index in [0.29, 0.717) is 12.1 Å². The first-order valence-corrected chi connectivity index (χ1v) is 4.47. The number of Topliss-reactive ketones (excluding diaryl/α,β-unsaturated/α-hetero) is 1. The minimum absolute atomic E-state index is 0.127. The number of carbonyl (C=O) groups is 1. The predicted molar refractivity (Wildman–Crippen MR) is 58.9 cm³/mol. The first kappa shape index (κ1) is 10.4. The number of anilines is 1. The van der Waals surface area contributed by atoms with Gasteiger partial charge < -0.3 is 5.73 Å². The zero-order valence-corrected chi connectivity index (χ0v) is 8.45. The van der Waals surface area contributed by atoms with Gasteiger partial charge in [0.1, 0.15) is 5.78 Å². The Bertz CT molecular complexity index is 352. The van der Waals surface area contributed by atoms with Crippen LogP contribution >= 0.6 is 0 Å². The van der Waals surface area contributed by atoms with Gasteiger partial charge in [-0.2, -0.15) is 0 Å². The number of benzene rings is 1. The summed E-state index contributed by atoms with van der Waals surface area (Å²) in [6, 6.07) is 7.25. The quantitative estimate of drug-likeness (QED) is 0.587. The molecule has 0 radical (unpaired) electrons. The molecule has 1 rings (SSSR count). The van der Waals surface area contributed by atoms with Gasteiger partial charge in [-0.1, -0.05) is 0 Å². The molecule has 1 aromatic rings. The molecule has 0 saturated heterocycles. The number of ketones is 1. The Balaban J connectivity index is 2.76. The first-order valence-electron chi connectivity index (χ1n) is 4.47. The number of hydrogen-bond acceptors (Lipinski definition) is 3. The van der Waals surface area contributed by atoms with Gasteiger partial charge in [0.05, 0.1) is 5.69 Å². The summed E-state index contributed by atoms with van der Waals surface area (Å²) in [5.74, 6) is 0.127. The molecule has 0 fully saturated rings. The molecule has 0 unspecified atom stereocenters. The van der Waals surface area contributed by atoms with Crippen molar-refractivity contribution in [2.45, 2.75) is 20.3 Å². The third-order valence-electron chi connectivity index (χ3n) is 1.72. The smallest absolute Gasteiger partial charge is 0.135 e. The average Bonchev–Trinajstić information content (AvgIpc) is 2.07. The van der Waals surface area contributed by atoms with Crippen LogP contribution in [-0.4, -0.2) is 11.5 Å². The van der Waals surface area contributed by atoms with E-state index in [9.17, 15) is 4.79 Å². The Morgan fingerprint density at radius 1 is 1.29 bits per heavy atom. The van der Waals surface area contributed by atoms with Gasteiger partial charge in [-0.05, 0) is 38.1 Å². The molecule has 2 N–H and O–H groups in total. The molecular formula is C11H14N2O. The lowest BCUT2D eigenvalue weighted by molar-refractivity contribution is -0.115. The van der Waals surface area contributed by atoms with E-state index in [-0.39, 0.29) is 5.78 Å². The Labute approximate surface area is 83.7 Å². The number of rotatable bonds is 3. The second-order valence-electron chi connectivity index (χ2n) is 3.32. The normalized spacial score (nSPS) is 11.4. The maximum atomic E-state index is 10.8. The lowest BCUT2D eigenvalue weighted by atomic mass is 10.2.